The Hall–Kier alpha value is -3.29. The summed E-state index contributed by atoms with van der Waals surface area (Å²) < 4.78 is 0. The first-order chi connectivity index (χ1) is 12.1. The van der Waals surface area contributed by atoms with Crippen LogP contribution in [-0.4, -0.2) is 46.5 Å². The van der Waals surface area contributed by atoms with Gasteiger partial charge in [0.15, 0.2) is 5.82 Å². The summed E-state index contributed by atoms with van der Waals surface area (Å²) in [5.41, 5.74) is 6.07. The second kappa shape index (κ2) is 5.97. The summed E-state index contributed by atoms with van der Waals surface area (Å²) in [6.07, 6.45) is 1.65. The van der Waals surface area contributed by atoms with E-state index in [-0.39, 0.29) is 11.3 Å². The van der Waals surface area contributed by atoms with E-state index in [4.69, 9.17) is 5.73 Å². The number of piperazine rings is 1. The molecule has 0 saturated carbocycles. The highest BCUT2D eigenvalue weighted by molar-refractivity contribution is 5.92. The van der Waals surface area contributed by atoms with E-state index < -0.39 is 0 Å². The van der Waals surface area contributed by atoms with Gasteiger partial charge < -0.3 is 20.6 Å². The standard InChI is InChI=1S/C17H18N6O2/c18-11-1-4-15(19-10-11)22-5-7-23(8-6-22)16-14-9-12(24)2-3-13(14)17(25)21-20-16/h1-4,9-10,24H,5-8,18H2,(H,21,25). The number of hydrogen-bond donors (Lipinski definition) is 3. The lowest BCUT2D eigenvalue weighted by molar-refractivity contribution is 0.476. The van der Waals surface area contributed by atoms with Crippen LogP contribution in [0, 0.1) is 0 Å². The highest BCUT2D eigenvalue weighted by atomic mass is 16.3. The molecule has 1 aliphatic heterocycles. The number of aromatic hydroxyl groups is 1. The molecule has 4 rings (SSSR count). The van der Waals surface area contributed by atoms with E-state index >= 15 is 0 Å². The van der Waals surface area contributed by atoms with Crippen LogP contribution < -0.4 is 21.1 Å². The van der Waals surface area contributed by atoms with Gasteiger partial charge in [-0.05, 0) is 30.3 Å². The molecule has 8 heteroatoms. The van der Waals surface area contributed by atoms with Gasteiger partial charge in [0.25, 0.3) is 5.56 Å². The minimum absolute atomic E-state index is 0.117. The van der Waals surface area contributed by atoms with Gasteiger partial charge in [-0.1, -0.05) is 0 Å². The van der Waals surface area contributed by atoms with Crippen LogP contribution >= 0.6 is 0 Å². The zero-order valence-corrected chi connectivity index (χ0v) is 13.5. The van der Waals surface area contributed by atoms with E-state index in [1.807, 2.05) is 12.1 Å². The summed E-state index contributed by atoms with van der Waals surface area (Å²) in [6, 6.07) is 8.46. The van der Waals surface area contributed by atoms with Crippen LogP contribution in [0.5, 0.6) is 5.75 Å². The number of anilines is 3. The molecule has 0 amide bonds. The third-order valence-corrected chi connectivity index (χ3v) is 4.43. The average molecular weight is 338 g/mol. The number of fused-ring (bicyclic) bond motifs is 1. The number of nitrogens with two attached hydrogens (primary N) is 1. The predicted molar refractivity (Wildman–Crippen MR) is 97.1 cm³/mol. The molecular formula is C17H18N6O2. The number of pyridine rings is 1. The number of nitrogens with one attached hydrogen (secondary N) is 1. The number of aromatic nitrogens is 3. The first kappa shape index (κ1) is 15.3. The molecule has 1 fully saturated rings. The van der Waals surface area contributed by atoms with Crippen LogP contribution in [0.2, 0.25) is 0 Å². The lowest BCUT2D eigenvalue weighted by atomic mass is 10.1. The maximum Gasteiger partial charge on any atom is 0.272 e. The maximum absolute atomic E-state index is 11.9. The number of nitrogens with zero attached hydrogens (tertiary/aromatic N) is 4. The van der Waals surface area contributed by atoms with Crippen LogP contribution in [0.4, 0.5) is 17.3 Å². The van der Waals surface area contributed by atoms with Gasteiger partial charge >= 0.3 is 0 Å². The molecule has 0 spiro atoms. The summed E-state index contributed by atoms with van der Waals surface area (Å²) in [4.78, 5) is 20.6. The van der Waals surface area contributed by atoms with E-state index in [0.29, 0.717) is 22.3 Å². The van der Waals surface area contributed by atoms with Crippen molar-refractivity contribution in [2.45, 2.75) is 0 Å². The second-order valence-electron chi connectivity index (χ2n) is 6.03. The first-order valence-electron chi connectivity index (χ1n) is 8.04. The highest BCUT2D eigenvalue weighted by Crippen LogP contribution is 2.26. The molecule has 0 bridgehead atoms. The molecule has 1 aromatic carbocycles. The molecule has 0 unspecified atom stereocenters. The van der Waals surface area contributed by atoms with Crippen LogP contribution in [0.25, 0.3) is 10.8 Å². The molecule has 128 valence electrons. The van der Waals surface area contributed by atoms with Gasteiger partial charge in [-0.2, -0.15) is 5.10 Å². The third-order valence-electron chi connectivity index (χ3n) is 4.43. The fourth-order valence-electron chi connectivity index (χ4n) is 3.11. The monoisotopic (exact) mass is 338 g/mol. The topological polar surface area (TPSA) is 111 Å². The Morgan fingerprint density at radius 1 is 1.04 bits per heavy atom. The predicted octanol–water partition coefficient (Wildman–Crippen LogP) is 0.932. The number of nitrogen functional groups attached to an aromatic ring is 1. The number of phenols is 1. The van der Waals surface area contributed by atoms with Gasteiger partial charge in [-0.25, -0.2) is 10.1 Å². The molecule has 0 radical (unpaired) electrons. The minimum Gasteiger partial charge on any atom is -0.508 e. The van der Waals surface area contributed by atoms with Crippen LogP contribution in [0.3, 0.4) is 0 Å². The number of H-pyrrole nitrogens is 1. The molecule has 4 N–H and O–H groups in total. The quantitative estimate of drug-likeness (QED) is 0.637. The SMILES string of the molecule is Nc1ccc(N2CCN(c3n[nH]c(=O)c4ccc(O)cc34)CC2)nc1. The zero-order chi connectivity index (χ0) is 17.4. The van der Waals surface area contributed by atoms with Crippen LogP contribution in [0.15, 0.2) is 41.3 Å². The summed E-state index contributed by atoms with van der Waals surface area (Å²) in [5, 5.41) is 17.7. The normalized spacial score (nSPS) is 14.9. The van der Waals surface area contributed by atoms with Crippen LogP contribution in [0.1, 0.15) is 0 Å². The van der Waals surface area contributed by atoms with Crippen LogP contribution in [-0.2, 0) is 0 Å². The average Bonchev–Trinajstić information content (AvgIpc) is 2.63. The highest BCUT2D eigenvalue weighted by Gasteiger charge is 2.21. The van der Waals surface area contributed by atoms with Crippen molar-refractivity contribution in [2.75, 3.05) is 41.7 Å². The Labute approximate surface area is 143 Å². The van der Waals surface area contributed by atoms with Gasteiger partial charge in [0.05, 0.1) is 17.3 Å². The molecule has 25 heavy (non-hydrogen) atoms. The molecule has 0 aliphatic carbocycles. The van der Waals surface area contributed by atoms with Crippen molar-refractivity contribution in [1.29, 1.82) is 0 Å². The van der Waals surface area contributed by atoms with Gasteiger partial charge in [-0.15, -0.1) is 0 Å². The number of hydrogen-bond acceptors (Lipinski definition) is 7. The number of aromatic amines is 1. The smallest absolute Gasteiger partial charge is 0.272 e. The van der Waals surface area contributed by atoms with Crippen molar-refractivity contribution in [3.63, 3.8) is 0 Å². The molecule has 3 aromatic rings. The fraction of sp³-hybridized carbons (Fsp3) is 0.235. The van der Waals surface area contributed by atoms with Gasteiger partial charge in [-0.3, -0.25) is 4.79 Å². The maximum atomic E-state index is 11.9. The van der Waals surface area contributed by atoms with Crippen molar-refractivity contribution >= 4 is 28.1 Å². The molecule has 1 saturated heterocycles. The molecule has 0 atom stereocenters. The van der Waals surface area contributed by atoms with E-state index in [0.717, 1.165) is 32.0 Å². The minimum atomic E-state index is -0.261. The van der Waals surface area contributed by atoms with Crippen molar-refractivity contribution in [2.24, 2.45) is 0 Å². The Kier molecular flexibility index (Phi) is 3.64. The first-order valence-corrected chi connectivity index (χ1v) is 8.04. The molecule has 1 aliphatic rings. The Balaban J connectivity index is 1.60. The Morgan fingerprint density at radius 3 is 2.52 bits per heavy atom. The van der Waals surface area contributed by atoms with Gasteiger partial charge in [0.2, 0.25) is 0 Å². The van der Waals surface area contributed by atoms with Crippen molar-refractivity contribution in [3.05, 3.63) is 46.9 Å². The molecule has 8 nitrogen and oxygen atoms in total. The van der Waals surface area contributed by atoms with Gasteiger partial charge in [0.1, 0.15) is 11.6 Å². The summed E-state index contributed by atoms with van der Waals surface area (Å²) >= 11 is 0. The largest absolute Gasteiger partial charge is 0.508 e. The third kappa shape index (κ3) is 2.82. The molecular weight excluding hydrogens is 320 g/mol. The van der Waals surface area contributed by atoms with E-state index in [2.05, 4.69) is 25.0 Å². The van der Waals surface area contributed by atoms with E-state index in [1.54, 1.807) is 18.3 Å². The summed E-state index contributed by atoms with van der Waals surface area (Å²) in [7, 11) is 0. The second-order valence-corrected chi connectivity index (χ2v) is 6.03. The number of rotatable bonds is 2. The van der Waals surface area contributed by atoms with E-state index in [9.17, 15) is 9.90 Å². The Morgan fingerprint density at radius 2 is 1.80 bits per heavy atom. The number of benzene rings is 1. The number of phenolic OH excluding ortho intramolecular Hbond substituents is 1. The zero-order valence-electron chi connectivity index (χ0n) is 13.5. The summed E-state index contributed by atoms with van der Waals surface area (Å²) in [6.45, 7) is 3.02. The fourth-order valence-corrected chi connectivity index (χ4v) is 3.11. The van der Waals surface area contributed by atoms with Crippen molar-refractivity contribution in [3.8, 4) is 5.75 Å². The lowest BCUT2D eigenvalue weighted by Crippen LogP contribution is -2.47. The summed E-state index contributed by atoms with van der Waals surface area (Å²) in [5.74, 6) is 1.69. The molecule has 3 heterocycles. The van der Waals surface area contributed by atoms with Crippen molar-refractivity contribution in [1.82, 2.24) is 15.2 Å². The van der Waals surface area contributed by atoms with E-state index in [1.165, 1.54) is 6.07 Å². The van der Waals surface area contributed by atoms with Gasteiger partial charge in [0, 0.05) is 31.6 Å². The molecule has 2 aromatic heterocycles. The van der Waals surface area contributed by atoms with Crippen molar-refractivity contribution < 1.29 is 5.11 Å². The Bertz CT molecular complexity index is 961. The lowest BCUT2D eigenvalue weighted by Gasteiger charge is -2.36.